The summed E-state index contributed by atoms with van der Waals surface area (Å²) in [6.07, 6.45) is -1.17. The van der Waals surface area contributed by atoms with Gasteiger partial charge in [-0.25, -0.2) is 18.7 Å². The van der Waals surface area contributed by atoms with Crippen molar-refractivity contribution in [2.24, 2.45) is 0 Å². The fourth-order valence-electron chi connectivity index (χ4n) is 3.93. The van der Waals surface area contributed by atoms with Gasteiger partial charge in [-0.15, -0.1) is 0 Å². The summed E-state index contributed by atoms with van der Waals surface area (Å²) in [6, 6.07) is 4.74. The van der Waals surface area contributed by atoms with Crippen LogP contribution in [0.2, 0.25) is 0 Å². The molecule has 4 rings (SSSR count). The smallest absolute Gasteiger partial charge is 0.393 e. The van der Waals surface area contributed by atoms with Crippen molar-refractivity contribution in [3.8, 4) is 11.4 Å². The van der Waals surface area contributed by atoms with Crippen LogP contribution in [0.3, 0.4) is 0 Å². The highest BCUT2D eigenvalue weighted by atomic mass is 19.4. The third-order valence-electron chi connectivity index (χ3n) is 5.92. The largest absolute Gasteiger partial charge is 0.417 e. The summed E-state index contributed by atoms with van der Waals surface area (Å²) in [5, 5.41) is 12.5. The summed E-state index contributed by atoms with van der Waals surface area (Å²) in [5.74, 6) is -2.53. The van der Waals surface area contributed by atoms with Gasteiger partial charge in [0.25, 0.3) is 5.91 Å². The van der Waals surface area contributed by atoms with Gasteiger partial charge in [-0.1, -0.05) is 0 Å². The number of pyridine rings is 1. The highest BCUT2D eigenvalue weighted by Crippen LogP contribution is 2.32. The number of aliphatic hydroxyl groups is 1. The molecule has 0 spiro atoms. The Kier molecular flexibility index (Phi) is 7.16. The minimum Gasteiger partial charge on any atom is -0.393 e. The van der Waals surface area contributed by atoms with Crippen LogP contribution in [0.5, 0.6) is 0 Å². The van der Waals surface area contributed by atoms with E-state index in [9.17, 15) is 31.9 Å². The zero-order chi connectivity index (χ0) is 26.0. The summed E-state index contributed by atoms with van der Waals surface area (Å²) in [4.78, 5) is 26.3. The molecule has 1 amide bonds. The third-order valence-corrected chi connectivity index (χ3v) is 5.92. The second-order valence-corrected chi connectivity index (χ2v) is 8.53. The number of nitrogens with zero attached hydrogens (tertiary/aromatic N) is 4. The van der Waals surface area contributed by atoms with Crippen molar-refractivity contribution in [3.63, 3.8) is 0 Å². The molecule has 0 saturated heterocycles. The van der Waals surface area contributed by atoms with Crippen molar-refractivity contribution in [3.05, 3.63) is 65.6 Å². The zero-order valence-corrected chi connectivity index (χ0v) is 19.1. The Bertz CT molecular complexity index is 1260. The van der Waals surface area contributed by atoms with Gasteiger partial charge in [0, 0.05) is 43.2 Å². The number of hydrogen-bond acceptors (Lipinski definition) is 6. The fraction of sp³-hybridized carbons (Fsp3) is 0.333. The van der Waals surface area contributed by atoms with Crippen molar-refractivity contribution in [1.82, 2.24) is 20.3 Å². The lowest BCUT2D eigenvalue weighted by Crippen LogP contribution is -2.39. The molecule has 0 unspecified atom stereocenters. The molecule has 2 aromatic heterocycles. The second kappa shape index (κ2) is 10.1. The normalized spacial score (nSPS) is 18.1. The van der Waals surface area contributed by atoms with Gasteiger partial charge in [0.1, 0.15) is 23.1 Å². The SMILES string of the molecule is CN(c1cc(C(=O)NC2CCC(O)CC2)nc(-c2cncc(C(F)(F)F)c2)n1)c1ccc(F)cc1F. The van der Waals surface area contributed by atoms with Gasteiger partial charge in [0.05, 0.1) is 17.4 Å². The van der Waals surface area contributed by atoms with Crippen LogP contribution in [-0.4, -0.2) is 45.2 Å². The quantitative estimate of drug-likeness (QED) is 0.489. The number of alkyl halides is 3. The van der Waals surface area contributed by atoms with E-state index in [-0.39, 0.29) is 34.6 Å². The molecule has 36 heavy (non-hydrogen) atoms. The van der Waals surface area contributed by atoms with E-state index in [0.29, 0.717) is 37.9 Å². The van der Waals surface area contributed by atoms with Gasteiger partial charge in [-0.3, -0.25) is 9.78 Å². The zero-order valence-electron chi connectivity index (χ0n) is 19.1. The number of halogens is 5. The molecule has 0 radical (unpaired) electrons. The summed E-state index contributed by atoms with van der Waals surface area (Å²) in [6.45, 7) is 0. The lowest BCUT2D eigenvalue weighted by Gasteiger charge is -2.26. The van der Waals surface area contributed by atoms with E-state index in [1.165, 1.54) is 24.1 Å². The molecule has 12 heteroatoms. The Morgan fingerprint density at radius 2 is 1.78 bits per heavy atom. The maximum absolute atomic E-state index is 14.4. The molecule has 7 nitrogen and oxygen atoms in total. The predicted molar refractivity (Wildman–Crippen MR) is 120 cm³/mol. The van der Waals surface area contributed by atoms with E-state index < -0.39 is 35.4 Å². The first kappa shape index (κ1) is 25.4. The lowest BCUT2D eigenvalue weighted by atomic mass is 9.93. The Labute approximate surface area is 203 Å². The molecular formula is C24H22F5N5O2. The molecule has 0 atom stereocenters. The van der Waals surface area contributed by atoms with E-state index in [4.69, 9.17) is 0 Å². The topological polar surface area (TPSA) is 91.2 Å². The number of hydrogen-bond donors (Lipinski definition) is 2. The average molecular weight is 507 g/mol. The van der Waals surface area contributed by atoms with E-state index in [2.05, 4.69) is 20.3 Å². The van der Waals surface area contributed by atoms with Crippen molar-refractivity contribution >= 4 is 17.4 Å². The number of benzene rings is 1. The molecule has 0 aliphatic heterocycles. The second-order valence-electron chi connectivity index (χ2n) is 8.53. The van der Waals surface area contributed by atoms with E-state index in [1.807, 2.05) is 0 Å². The molecule has 190 valence electrons. The van der Waals surface area contributed by atoms with Crippen LogP contribution in [0.4, 0.5) is 33.5 Å². The Hall–Kier alpha value is -3.67. The molecular weight excluding hydrogens is 485 g/mol. The number of amides is 1. The van der Waals surface area contributed by atoms with Crippen molar-refractivity contribution < 1.29 is 31.9 Å². The predicted octanol–water partition coefficient (Wildman–Crippen LogP) is 4.64. The standard InChI is InChI=1S/C24H22F5N5O2/c1-34(20-7-2-15(25)9-18(20)26)21-10-19(23(36)31-16-3-5-17(35)6-4-16)32-22(33-21)13-8-14(12-30-11-13)24(27,28)29/h2,7-12,16-17,35H,3-6H2,1H3,(H,31,36). The highest BCUT2D eigenvalue weighted by molar-refractivity contribution is 5.94. The van der Waals surface area contributed by atoms with Crippen LogP contribution >= 0.6 is 0 Å². The van der Waals surface area contributed by atoms with Gasteiger partial charge in [0.15, 0.2) is 5.82 Å². The highest BCUT2D eigenvalue weighted by Gasteiger charge is 2.31. The van der Waals surface area contributed by atoms with E-state index in [0.717, 1.165) is 18.3 Å². The molecule has 3 aromatic rings. The molecule has 1 fully saturated rings. The van der Waals surface area contributed by atoms with Crippen LogP contribution < -0.4 is 10.2 Å². The molecule has 1 saturated carbocycles. The minimum atomic E-state index is -4.67. The van der Waals surface area contributed by atoms with Crippen molar-refractivity contribution in [2.75, 3.05) is 11.9 Å². The molecule has 1 aromatic carbocycles. The van der Waals surface area contributed by atoms with Crippen LogP contribution in [0.25, 0.3) is 11.4 Å². The van der Waals surface area contributed by atoms with Crippen molar-refractivity contribution in [1.29, 1.82) is 0 Å². The number of carbonyl (C=O) groups excluding carboxylic acids is 1. The van der Waals surface area contributed by atoms with Gasteiger partial charge in [-0.2, -0.15) is 13.2 Å². The number of aliphatic hydroxyl groups excluding tert-OH is 1. The first-order chi connectivity index (χ1) is 17.0. The first-order valence-electron chi connectivity index (χ1n) is 11.1. The van der Waals surface area contributed by atoms with Gasteiger partial charge < -0.3 is 15.3 Å². The summed E-state index contributed by atoms with van der Waals surface area (Å²) < 4.78 is 67.6. The van der Waals surface area contributed by atoms with Crippen LogP contribution in [0.15, 0.2) is 42.7 Å². The maximum Gasteiger partial charge on any atom is 0.417 e. The number of rotatable bonds is 5. The Balaban J connectivity index is 1.75. The maximum atomic E-state index is 14.4. The number of anilines is 2. The van der Waals surface area contributed by atoms with Crippen LogP contribution in [0, 0.1) is 11.6 Å². The molecule has 0 bridgehead atoms. The minimum absolute atomic E-state index is 0.00728. The van der Waals surface area contributed by atoms with Crippen molar-refractivity contribution in [2.45, 2.75) is 44.0 Å². The van der Waals surface area contributed by atoms with E-state index in [1.54, 1.807) is 0 Å². The van der Waals surface area contributed by atoms with Gasteiger partial charge in [-0.05, 0) is 43.9 Å². The number of aromatic nitrogens is 3. The van der Waals surface area contributed by atoms with Gasteiger partial charge in [0.2, 0.25) is 0 Å². The monoisotopic (exact) mass is 507 g/mol. The number of nitrogens with one attached hydrogen (secondary N) is 1. The van der Waals surface area contributed by atoms with Crippen LogP contribution in [-0.2, 0) is 6.18 Å². The Morgan fingerprint density at radius 1 is 1.06 bits per heavy atom. The lowest BCUT2D eigenvalue weighted by molar-refractivity contribution is -0.137. The first-order valence-corrected chi connectivity index (χ1v) is 11.1. The average Bonchev–Trinajstić information content (AvgIpc) is 2.84. The third kappa shape index (κ3) is 5.76. The van der Waals surface area contributed by atoms with E-state index >= 15 is 0 Å². The van der Waals surface area contributed by atoms with Gasteiger partial charge >= 0.3 is 6.18 Å². The summed E-state index contributed by atoms with van der Waals surface area (Å²) in [7, 11) is 1.41. The molecule has 1 aliphatic carbocycles. The molecule has 1 aliphatic rings. The molecule has 2 heterocycles. The number of carbonyl (C=O) groups is 1. The summed E-state index contributed by atoms with van der Waals surface area (Å²) in [5.41, 5.74) is -1.36. The summed E-state index contributed by atoms with van der Waals surface area (Å²) >= 11 is 0. The Morgan fingerprint density at radius 3 is 2.44 bits per heavy atom. The fourth-order valence-corrected chi connectivity index (χ4v) is 3.93. The van der Waals surface area contributed by atoms with Crippen LogP contribution in [0.1, 0.15) is 41.7 Å². The molecule has 2 N–H and O–H groups in total.